The average molecular weight is 389 g/mol. The van der Waals surface area contributed by atoms with Crippen LogP contribution in [0.1, 0.15) is 44.2 Å². The summed E-state index contributed by atoms with van der Waals surface area (Å²) in [6.45, 7) is 12.8. The van der Waals surface area contributed by atoms with Gasteiger partial charge in [-0.1, -0.05) is 87.5 Å². The molecule has 0 aromatic heterocycles. The molecule has 4 heteroatoms. The predicted octanol–water partition coefficient (Wildman–Crippen LogP) is 6.12. The van der Waals surface area contributed by atoms with Crippen LogP contribution in [-0.4, -0.2) is 11.7 Å². The van der Waals surface area contributed by atoms with Gasteiger partial charge in [0, 0.05) is 5.70 Å². The zero-order valence-electron chi connectivity index (χ0n) is 15.8. The van der Waals surface area contributed by atoms with Gasteiger partial charge in [-0.15, -0.1) is 0 Å². The third-order valence-corrected chi connectivity index (χ3v) is 5.40. The molecule has 1 N–H and O–H groups in total. The second kappa shape index (κ2) is 8.64. The van der Waals surface area contributed by atoms with Gasteiger partial charge in [0.05, 0.1) is 12.0 Å². The number of nitrogens with one attached hydrogen (secondary N) is 1. The molecular formula is C22H30FNP2. The van der Waals surface area contributed by atoms with Gasteiger partial charge in [0.25, 0.3) is 0 Å². The molecular weight excluding hydrogens is 359 g/mol. The molecule has 3 unspecified atom stereocenters. The largest absolute Gasteiger partial charge is 0.384 e. The number of benzene rings is 1. The molecule has 0 bridgehead atoms. The summed E-state index contributed by atoms with van der Waals surface area (Å²) in [4.78, 5) is 0. The van der Waals surface area contributed by atoms with E-state index in [-0.39, 0.29) is 12.0 Å². The minimum Gasteiger partial charge on any atom is -0.384 e. The van der Waals surface area contributed by atoms with Crippen LogP contribution in [0.5, 0.6) is 0 Å². The summed E-state index contributed by atoms with van der Waals surface area (Å²) in [7, 11) is 4.43. The van der Waals surface area contributed by atoms with Crippen molar-refractivity contribution < 1.29 is 4.39 Å². The third-order valence-electron chi connectivity index (χ3n) is 4.99. The van der Waals surface area contributed by atoms with Crippen molar-refractivity contribution in [1.82, 2.24) is 5.32 Å². The lowest BCUT2D eigenvalue weighted by Crippen LogP contribution is -2.38. The van der Waals surface area contributed by atoms with Gasteiger partial charge in [0.15, 0.2) is 5.15 Å². The summed E-state index contributed by atoms with van der Waals surface area (Å²) in [5.74, 6) is 0. The fourth-order valence-electron chi connectivity index (χ4n) is 3.95. The van der Waals surface area contributed by atoms with Crippen LogP contribution in [0.4, 0.5) is 4.39 Å². The molecule has 0 fully saturated rings. The van der Waals surface area contributed by atoms with Crippen molar-refractivity contribution in [3.63, 3.8) is 0 Å². The maximum atomic E-state index is 14.1. The normalized spacial score (nSPS) is 19.7. The molecule has 1 aromatic rings. The van der Waals surface area contributed by atoms with Crippen molar-refractivity contribution in [3.8, 4) is 0 Å². The van der Waals surface area contributed by atoms with Gasteiger partial charge in [-0.05, 0) is 42.0 Å². The first-order valence-electron chi connectivity index (χ1n) is 9.08. The van der Waals surface area contributed by atoms with E-state index in [0.29, 0.717) is 0 Å². The van der Waals surface area contributed by atoms with E-state index in [2.05, 4.69) is 80.3 Å². The van der Waals surface area contributed by atoms with Crippen LogP contribution in [0.15, 0.2) is 66.9 Å². The Kier molecular flexibility index (Phi) is 7.00. The molecule has 0 amide bonds. The van der Waals surface area contributed by atoms with Crippen molar-refractivity contribution in [2.24, 2.45) is 0 Å². The fourth-order valence-corrected chi connectivity index (χ4v) is 4.15. The van der Waals surface area contributed by atoms with Crippen molar-refractivity contribution >= 4 is 24.1 Å². The summed E-state index contributed by atoms with van der Waals surface area (Å²) >= 11 is 0. The summed E-state index contributed by atoms with van der Waals surface area (Å²) < 4.78 is 14.1. The SMILES string of the molecule is C=CC1=C(C/C=C\C)C(CCC)(C(=C)NCC(F)(P)P)c2ccccc21. The van der Waals surface area contributed by atoms with Crippen LogP contribution >= 0.6 is 18.5 Å². The summed E-state index contributed by atoms with van der Waals surface area (Å²) in [6.07, 6.45) is 8.95. The Balaban J connectivity index is 2.64. The Labute approximate surface area is 162 Å². The summed E-state index contributed by atoms with van der Waals surface area (Å²) in [6, 6.07) is 8.46. The number of rotatable bonds is 9. The Bertz CT molecular complexity index is 743. The van der Waals surface area contributed by atoms with Crippen molar-refractivity contribution in [1.29, 1.82) is 0 Å². The molecule has 0 spiro atoms. The fraction of sp³-hybridized carbons (Fsp3) is 0.364. The molecule has 0 saturated carbocycles. The van der Waals surface area contributed by atoms with Gasteiger partial charge >= 0.3 is 0 Å². The average Bonchev–Trinajstić information content (AvgIpc) is 2.87. The Morgan fingerprint density at radius 2 is 2.04 bits per heavy atom. The molecule has 3 atom stereocenters. The van der Waals surface area contributed by atoms with E-state index in [4.69, 9.17) is 0 Å². The molecule has 0 saturated heterocycles. The minimum absolute atomic E-state index is 0.176. The highest BCUT2D eigenvalue weighted by atomic mass is 31.1. The first-order valence-corrected chi connectivity index (χ1v) is 10.2. The van der Waals surface area contributed by atoms with Crippen LogP contribution in [0.3, 0.4) is 0 Å². The Morgan fingerprint density at radius 3 is 2.62 bits per heavy atom. The molecule has 0 radical (unpaired) electrons. The van der Waals surface area contributed by atoms with E-state index in [9.17, 15) is 4.39 Å². The summed E-state index contributed by atoms with van der Waals surface area (Å²) in [5.41, 5.74) is 5.44. The monoisotopic (exact) mass is 389 g/mol. The van der Waals surface area contributed by atoms with Crippen LogP contribution in [0, 0.1) is 0 Å². The number of hydrogen-bond donors (Lipinski definition) is 1. The van der Waals surface area contributed by atoms with Gasteiger partial charge in [-0.3, -0.25) is 0 Å². The quantitative estimate of drug-likeness (QED) is 0.396. The number of halogens is 1. The first kappa shape index (κ1) is 21.1. The van der Waals surface area contributed by atoms with E-state index < -0.39 is 5.15 Å². The smallest absolute Gasteiger partial charge is 0.153 e. The van der Waals surface area contributed by atoms with E-state index in [0.717, 1.165) is 25.0 Å². The Hall–Kier alpha value is -1.23. The first-order chi connectivity index (χ1) is 12.3. The zero-order chi connectivity index (χ0) is 19.4. The van der Waals surface area contributed by atoms with E-state index in [1.54, 1.807) is 0 Å². The highest BCUT2D eigenvalue weighted by Gasteiger charge is 2.45. The van der Waals surface area contributed by atoms with Crippen molar-refractivity contribution in [2.75, 3.05) is 6.54 Å². The highest BCUT2D eigenvalue weighted by Crippen LogP contribution is 2.54. The number of alkyl halides is 1. The molecule has 0 heterocycles. The van der Waals surface area contributed by atoms with Gasteiger partial charge < -0.3 is 5.32 Å². The second-order valence-electron chi connectivity index (χ2n) is 6.83. The highest BCUT2D eigenvalue weighted by molar-refractivity contribution is 7.39. The van der Waals surface area contributed by atoms with Crippen molar-refractivity contribution in [3.05, 3.63) is 78.0 Å². The number of hydrogen-bond acceptors (Lipinski definition) is 1. The maximum absolute atomic E-state index is 14.1. The van der Waals surface area contributed by atoms with Crippen molar-refractivity contribution in [2.45, 2.75) is 43.7 Å². The van der Waals surface area contributed by atoms with E-state index in [1.807, 2.05) is 13.0 Å². The van der Waals surface area contributed by atoms with Gasteiger partial charge in [-0.25, -0.2) is 4.39 Å². The third kappa shape index (κ3) is 4.03. The van der Waals surface area contributed by atoms with Crippen LogP contribution < -0.4 is 5.32 Å². The van der Waals surface area contributed by atoms with Crippen LogP contribution in [0.2, 0.25) is 0 Å². The lowest BCUT2D eigenvalue weighted by atomic mass is 9.70. The maximum Gasteiger partial charge on any atom is 0.153 e. The number of fused-ring (bicyclic) bond motifs is 1. The number of allylic oxidation sites excluding steroid dienone is 5. The minimum atomic E-state index is -1.46. The molecule has 1 aliphatic carbocycles. The zero-order valence-corrected chi connectivity index (χ0v) is 18.1. The Morgan fingerprint density at radius 1 is 1.35 bits per heavy atom. The molecule has 2 rings (SSSR count). The van der Waals surface area contributed by atoms with Gasteiger partial charge in [-0.2, -0.15) is 0 Å². The molecule has 26 heavy (non-hydrogen) atoms. The van der Waals surface area contributed by atoms with Crippen LogP contribution in [-0.2, 0) is 5.41 Å². The molecule has 140 valence electrons. The summed E-state index contributed by atoms with van der Waals surface area (Å²) in [5, 5.41) is 1.82. The topological polar surface area (TPSA) is 12.0 Å². The van der Waals surface area contributed by atoms with E-state index in [1.165, 1.54) is 22.3 Å². The second-order valence-corrected chi connectivity index (χ2v) is 9.42. The lowest BCUT2D eigenvalue weighted by Gasteiger charge is -2.37. The lowest BCUT2D eigenvalue weighted by molar-refractivity contribution is 0.385. The molecule has 0 aliphatic heterocycles. The van der Waals surface area contributed by atoms with E-state index >= 15 is 0 Å². The van der Waals surface area contributed by atoms with Gasteiger partial charge in [0.2, 0.25) is 0 Å². The van der Waals surface area contributed by atoms with Gasteiger partial charge in [0.1, 0.15) is 0 Å². The molecule has 1 nitrogen and oxygen atoms in total. The molecule has 1 aliphatic rings. The standard InChI is InChI=1S/C22H30FNP2/c1-5-8-12-19-17(7-3)18-11-9-10-13-20(18)21(19,14-6-2)16(4)24-15-22(23,25)26/h5,7-11,13,24H,3-4,6,12,14-15,25-26H2,1-2H3/b8-5-. The molecule has 1 aromatic carbocycles. The predicted molar refractivity (Wildman–Crippen MR) is 120 cm³/mol. The van der Waals surface area contributed by atoms with Crippen LogP contribution in [0.25, 0.3) is 5.57 Å².